The van der Waals surface area contributed by atoms with Gasteiger partial charge in [-0.2, -0.15) is 0 Å². The maximum absolute atomic E-state index is 13.8. The fourth-order valence-corrected chi connectivity index (χ4v) is 2.09. The number of nitrogens with two attached hydrogens (primary N) is 1. The number of thiocarbonyl (C=S) groups is 1. The first-order valence-corrected chi connectivity index (χ1v) is 6.39. The first-order chi connectivity index (χ1) is 9.38. The topological polar surface area (TPSA) is 66.6 Å². The fourth-order valence-electron chi connectivity index (χ4n) is 1.96. The summed E-state index contributed by atoms with van der Waals surface area (Å²) in [5.41, 5.74) is 6.33. The van der Waals surface area contributed by atoms with E-state index in [1.807, 2.05) is 0 Å². The molecular formula is C13H14FN3O2S. The zero-order chi connectivity index (χ0) is 14.9. The van der Waals surface area contributed by atoms with Gasteiger partial charge in [0, 0.05) is 24.7 Å². The summed E-state index contributed by atoms with van der Waals surface area (Å²) in [7, 11) is 1.56. The van der Waals surface area contributed by atoms with Crippen LogP contribution in [0.4, 0.5) is 4.39 Å². The zero-order valence-electron chi connectivity index (χ0n) is 10.9. The number of carbonyl (C=O) groups excluding carboxylic acids is 2. The average molecular weight is 295 g/mol. The summed E-state index contributed by atoms with van der Waals surface area (Å²) in [6.07, 6.45) is 0. The van der Waals surface area contributed by atoms with Gasteiger partial charge in [-0.1, -0.05) is 12.2 Å². The summed E-state index contributed by atoms with van der Waals surface area (Å²) in [6.45, 7) is -0.0117. The largest absolute Gasteiger partial charge is 0.389 e. The van der Waals surface area contributed by atoms with Gasteiger partial charge >= 0.3 is 0 Å². The van der Waals surface area contributed by atoms with E-state index in [1.54, 1.807) is 7.05 Å². The third-order valence-electron chi connectivity index (χ3n) is 3.17. The summed E-state index contributed by atoms with van der Waals surface area (Å²) in [5, 5.41) is 0. The van der Waals surface area contributed by atoms with E-state index in [9.17, 15) is 14.0 Å². The smallest absolute Gasteiger partial charge is 0.242 e. The van der Waals surface area contributed by atoms with Gasteiger partial charge in [0.2, 0.25) is 11.8 Å². The molecule has 0 aliphatic carbocycles. The minimum absolute atomic E-state index is 0.00937. The Morgan fingerprint density at radius 3 is 2.70 bits per heavy atom. The lowest BCUT2D eigenvalue weighted by molar-refractivity contribution is -0.149. The van der Waals surface area contributed by atoms with E-state index in [1.165, 1.54) is 28.0 Å². The number of amides is 2. The molecule has 1 saturated heterocycles. The third kappa shape index (κ3) is 2.93. The number of likely N-dealkylation sites (N-methyl/N-ethyl adjacent to an activating group) is 1. The molecule has 1 aromatic carbocycles. The van der Waals surface area contributed by atoms with Crippen molar-refractivity contribution in [1.29, 1.82) is 0 Å². The molecule has 2 N–H and O–H groups in total. The minimum atomic E-state index is -0.454. The van der Waals surface area contributed by atoms with Crippen molar-refractivity contribution in [2.45, 2.75) is 6.54 Å². The molecule has 106 valence electrons. The van der Waals surface area contributed by atoms with Crippen LogP contribution >= 0.6 is 12.2 Å². The highest BCUT2D eigenvalue weighted by Crippen LogP contribution is 2.15. The normalized spacial score (nSPS) is 15.7. The van der Waals surface area contributed by atoms with E-state index in [4.69, 9.17) is 18.0 Å². The molecule has 0 aromatic heterocycles. The van der Waals surface area contributed by atoms with Crippen molar-refractivity contribution >= 4 is 29.0 Å². The maximum atomic E-state index is 13.8. The van der Waals surface area contributed by atoms with Crippen molar-refractivity contribution in [3.8, 4) is 0 Å². The van der Waals surface area contributed by atoms with Crippen LogP contribution in [0.3, 0.4) is 0 Å². The highest BCUT2D eigenvalue weighted by molar-refractivity contribution is 7.80. The summed E-state index contributed by atoms with van der Waals surface area (Å²) in [4.78, 5) is 26.3. The van der Waals surface area contributed by atoms with E-state index in [0.29, 0.717) is 11.1 Å². The average Bonchev–Trinajstić information content (AvgIpc) is 2.38. The lowest BCUT2D eigenvalue weighted by atomic mass is 10.1. The number of carbonyl (C=O) groups is 2. The molecule has 2 amide bonds. The molecule has 1 fully saturated rings. The number of piperazine rings is 1. The molecule has 5 nitrogen and oxygen atoms in total. The molecular weight excluding hydrogens is 281 g/mol. The van der Waals surface area contributed by atoms with E-state index in [-0.39, 0.29) is 36.4 Å². The van der Waals surface area contributed by atoms with Crippen LogP contribution in [0.2, 0.25) is 0 Å². The monoisotopic (exact) mass is 295 g/mol. The van der Waals surface area contributed by atoms with Gasteiger partial charge in [0.25, 0.3) is 0 Å². The van der Waals surface area contributed by atoms with Crippen molar-refractivity contribution in [1.82, 2.24) is 9.80 Å². The molecule has 0 unspecified atom stereocenters. The van der Waals surface area contributed by atoms with Crippen LogP contribution in [0.15, 0.2) is 18.2 Å². The predicted octanol–water partition coefficient (Wildman–Crippen LogP) is 0.260. The molecule has 0 radical (unpaired) electrons. The van der Waals surface area contributed by atoms with Crippen molar-refractivity contribution < 1.29 is 14.0 Å². The number of halogens is 1. The molecule has 0 atom stereocenters. The Morgan fingerprint density at radius 1 is 1.35 bits per heavy atom. The molecule has 0 saturated carbocycles. The Hall–Kier alpha value is -2.02. The zero-order valence-corrected chi connectivity index (χ0v) is 11.7. The lowest BCUT2D eigenvalue weighted by Crippen LogP contribution is -2.51. The second-order valence-corrected chi connectivity index (χ2v) is 5.11. The van der Waals surface area contributed by atoms with Crippen LogP contribution in [0, 0.1) is 5.82 Å². The summed E-state index contributed by atoms with van der Waals surface area (Å²) >= 11 is 4.84. The van der Waals surface area contributed by atoms with E-state index < -0.39 is 5.82 Å². The molecule has 7 heteroatoms. The van der Waals surface area contributed by atoms with Crippen LogP contribution in [-0.4, -0.2) is 46.7 Å². The van der Waals surface area contributed by atoms with E-state index >= 15 is 0 Å². The van der Waals surface area contributed by atoms with Crippen LogP contribution < -0.4 is 5.73 Å². The molecule has 1 aromatic rings. The van der Waals surface area contributed by atoms with Gasteiger partial charge in [-0.25, -0.2) is 4.39 Å². The maximum Gasteiger partial charge on any atom is 0.242 e. The van der Waals surface area contributed by atoms with E-state index in [2.05, 4.69) is 0 Å². The van der Waals surface area contributed by atoms with Gasteiger partial charge in [-0.3, -0.25) is 9.59 Å². The molecule has 1 heterocycles. The van der Waals surface area contributed by atoms with Crippen LogP contribution in [-0.2, 0) is 16.1 Å². The van der Waals surface area contributed by atoms with E-state index in [0.717, 1.165) is 0 Å². The Labute approximate surface area is 121 Å². The second kappa shape index (κ2) is 5.54. The Balaban J connectivity index is 2.21. The van der Waals surface area contributed by atoms with Gasteiger partial charge in [0.15, 0.2) is 0 Å². The van der Waals surface area contributed by atoms with Gasteiger partial charge in [-0.15, -0.1) is 0 Å². The summed E-state index contributed by atoms with van der Waals surface area (Å²) in [5.74, 6) is -0.841. The molecule has 0 spiro atoms. The van der Waals surface area contributed by atoms with Crippen LogP contribution in [0.25, 0.3) is 0 Å². The predicted molar refractivity (Wildman–Crippen MR) is 75.3 cm³/mol. The van der Waals surface area contributed by atoms with Crippen molar-refractivity contribution in [2.75, 3.05) is 20.1 Å². The number of nitrogens with zero attached hydrogens (tertiary/aromatic N) is 2. The highest BCUT2D eigenvalue weighted by Gasteiger charge is 2.27. The molecule has 2 rings (SSSR count). The molecule has 0 bridgehead atoms. The van der Waals surface area contributed by atoms with Crippen LogP contribution in [0.5, 0.6) is 0 Å². The molecule has 20 heavy (non-hydrogen) atoms. The number of hydrogen-bond acceptors (Lipinski definition) is 3. The number of rotatable bonds is 3. The summed E-state index contributed by atoms with van der Waals surface area (Å²) < 4.78 is 13.8. The van der Waals surface area contributed by atoms with Crippen molar-refractivity contribution in [2.24, 2.45) is 5.73 Å². The standard InChI is InChI=1S/C13H14FN3O2S/c1-16-6-12(19)17(7-11(16)18)5-9-4-8(13(15)20)2-3-10(9)14/h2-4H,5-7H2,1H3,(H2,15,20). The van der Waals surface area contributed by atoms with Crippen molar-refractivity contribution in [3.05, 3.63) is 35.1 Å². The van der Waals surface area contributed by atoms with Gasteiger partial charge in [-0.05, 0) is 18.2 Å². The lowest BCUT2D eigenvalue weighted by Gasteiger charge is -2.31. The number of benzene rings is 1. The molecule has 1 aliphatic rings. The summed E-state index contributed by atoms with van der Waals surface area (Å²) in [6, 6.07) is 4.25. The van der Waals surface area contributed by atoms with Crippen LogP contribution in [0.1, 0.15) is 11.1 Å². The Morgan fingerprint density at radius 2 is 2.05 bits per heavy atom. The van der Waals surface area contributed by atoms with Gasteiger partial charge in [0.05, 0.1) is 6.54 Å². The fraction of sp³-hybridized carbons (Fsp3) is 0.308. The first-order valence-electron chi connectivity index (χ1n) is 5.98. The SMILES string of the molecule is CN1CC(=O)N(Cc2cc(C(N)=S)ccc2F)CC1=O. The van der Waals surface area contributed by atoms with Crippen molar-refractivity contribution in [3.63, 3.8) is 0 Å². The third-order valence-corrected chi connectivity index (χ3v) is 3.40. The number of hydrogen-bond donors (Lipinski definition) is 1. The quantitative estimate of drug-likeness (QED) is 0.812. The highest BCUT2D eigenvalue weighted by atomic mass is 32.1. The second-order valence-electron chi connectivity index (χ2n) is 4.67. The molecule has 1 aliphatic heterocycles. The minimum Gasteiger partial charge on any atom is -0.389 e. The first kappa shape index (κ1) is 14.4. The van der Waals surface area contributed by atoms with Gasteiger partial charge < -0.3 is 15.5 Å². The Kier molecular flexibility index (Phi) is 3.99. The van der Waals surface area contributed by atoms with Gasteiger partial charge in [0.1, 0.15) is 17.4 Å². The Bertz CT molecular complexity index is 591.